The molecule has 4 rings (SSSR count). The van der Waals surface area contributed by atoms with Crippen molar-refractivity contribution in [1.29, 1.82) is 0 Å². The molecule has 3 unspecified atom stereocenters. The van der Waals surface area contributed by atoms with E-state index in [1.807, 2.05) is 12.1 Å². The van der Waals surface area contributed by atoms with E-state index in [1.54, 1.807) is 19.2 Å². The average molecular weight is 470 g/mol. The molecule has 2 heterocycles. The summed E-state index contributed by atoms with van der Waals surface area (Å²) in [4.78, 5) is 53.7. The third-order valence-electron chi connectivity index (χ3n) is 6.74. The SMILES string of the molecule is COc1cccc2[nH]c(C(=O)NC(CC3CC3)C(=O)NC(C)(CC3CCNC3=O)C(N)=O)cc12. The Balaban J connectivity index is 1.50. The van der Waals surface area contributed by atoms with Crippen LogP contribution in [-0.4, -0.2) is 53.8 Å². The van der Waals surface area contributed by atoms with E-state index in [0.717, 1.165) is 23.7 Å². The standard InChI is InChI=1S/C24H31N5O5/c1-24(23(25)33,12-14-8-9-26-20(14)30)29-22(32)17(10-13-6-7-13)28-21(31)18-11-15-16(27-18)4-3-5-19(15)34-2/h3-5,11,13-14,17,27H,6-10,12H2,1-2H3,(H2,25,33)(H,26,30)(H,28,31)(H,29,32). The largest absolute Gasteiger partial charge is 0.496 e. The fraction of sp³-hybridized carbons (Fsp3) is 0.500. The molecular weight excluding hydrogens is 438 g/mol. The number of carbonyl (C=O) groups is 4. The van der Waals surface area contributed by atoms with Gasteiger partial charge in [0.2, 0.25) is 17.7 Å². The quantitative estimate of drug-likeness (QED) is 0.350. The van der Waals surface area contributed by atoms with Gasteiger partial charge in [0.05, 0.1) is 7.11 Å². The van der Waals surface area contributed by atoms with Crippen LogP contribution in [0.5, 0.6) is 5.75 Å². The predicted molar refractivity (Wildman–Crippen MR) is 125 cm³/mol. The Hall–Kier alpha value is -3.56. The van der Waals surface area contributed by atoms with Crippen LogP contribution in [0.2, 0.25) is 0 Å². The van der Waals surface area contributed by atoms with Gasteiger partial charge in [0.25, 0.3) is 5.91 Å². The number of aromatic nitrogens is 1. The first-order valence-corrected chi connectivity index (χ1v) is 11.6. The maximum Gasteiger partial charge on any atom is 0.268 e. The van der Waals surface area contributed by atoms with Crippen LogP contribution in [0.15, 0.2) is 24.3 Å². The van der Waals surface area contributed by atoms with Crippen molar-refractivity contribution >= 4 is 34.5 Å². The number of methoxy groups -OCH3 is 1. The molecule has 10 heteroatoms. The Morgan fingerprint density at radius 2 is 2.03 bits per heavy atom. The number of benzene rings is 1. The molecule has 2 aromatic rings. The number of H-pyrrole nitrogens is 1. The monoisotopic (exact) mass is 469 g/mol. The maximum absolute atomic E-state index is 13.3. The van der Waals surface area contributed by atoms with E-state index < -0.39 is 35.2 Å². The second kappa shape index (κ2) is 9.36. The summed E-state index contributed by atoms with van der Waals surface area (Å²) in [5, 5.41) is 9.04. The molecule has 6 N–H and O–H groups in total. The third-order valence-corrected chi connectivity index (χ3v) is 6.74. The smallest absolute Gasteiger partial charge is 0.268 e. The molecule has 2 fully saturated rings. The highest BCUT2D eigenvalue weighted by Gasteiger charge is 2.41. The molecule has 1 aromatic carbocycles. The second-order valence-electron chi connectivity index (χ2n) is 9.48. The van der Waals surface area contributed by atoms with E-state index in [1.165, 1.54) is 6.92 Å². The zero-order chi connectivity index (χ0) is 24.5. The van der Waals surface area contributed by atoms with Gasteiger partial charge in [0.1, 0.15) is 23.0 Å². The van der Waals surface area contributed by atoms with Gasteiger partial charge < -0.3 is 31.4 Å². The number of primary amides is 1. The number of ether oxygens (including phenoxy) is 1. The molecule has 0 radical (unpaired) electrons. The molecule has 0 bridgehead atoms. The maximum atomic E-state index is 13.3. The second-order valence-corrected chi connectivity index (χ2v) is 9.48. The summed E-state index contributed by atoms with van der Waals surface area (Å²) >= 11 is 0. The van der Waals surface area contributed by atoms with Crippen molar-refractivity contribution in [2.75, 3.05) is 13.7 Å². The number of hydrogen-bond donors (Lipinski definition) is 5. The first-order valence-electron chi connectivity index (χ1n) is 11.6. The van der Waals surface area contributed by atoms with E-state index in [2.05, 4.69) is 20.9 Å². The van der Waals surface area contributed by atoms with Gasteiger partial charge >= 0.3 is 0 Å². The van der Waals surface area contributed by atoms with Gasteiger partial charge in [-0.25, -0.2) is 0 Å². The van der Waals surface area contributed by atoms with Crippen molar-refractivity contribution in [2.24, 2.45) is 17.6 Å². The van der Waals surface area contributed by atoms with Gasteiger partial charge in [0.15, 0.2) is 0 Å². The molecule has 0 spiro atoms. The predicted octanol–water partition coefficient (Wildman–Crippen LogP) is 0.961. The minimum Gasteiger partial charge on any atom is -0.496 e. The summed E-state index contributed by atoms with van der Waals surface area (Å²) in [6, 6.07) is 6.29. The van der Waals surface area contributed by atoms with Gasteiger partial charge in [0, 0.05) is 23.4 Å². The van der Waals surface area contributed by atoms with Crippen molar-refractivity contribution in [3.05, 3.63) is 30.0 Å². The molecule has 1 aliphatic carbocycles. The fourth-order valence-electron chi connectivity index (χ4n) is 4.49. The molecular formula is C24H31N5O5. The van der Waals surface area contributed by atoms with Gasteiger partial charge in [-0.1, -0.05) is 18.9 Å². The van der Waals surface area contributed by atoms with E-state index in [-0.39, 0.29) is 12.3 Å². The lowest BCUT2D eigenvalue weighted by molar-refractivity contribution is -0.134. The minimum absolute atomic E-state index is 0.103. The molecule has 2 aliphatic rings. The van der Waals surface area contributed by atoms with Crippen molar-refractivity contribution in [2.45, 2.75) is 50.6 Å². The van der Waals surface area contributed by atoms with Gasteiger partial charge in [-0.2, -0.15) is 0 Å². The number of carbonyl (C=O) groups excluding carboxylic acids is 4. The molecule has 1 saturated heterocycles. The molecule has 182 valence electrons. The number of amides is 4. The summed E-state index contributed by atoms with van der Waals surface area (Å²) in [5.41, 5.74) is 5.26. The first-order chi connectivity index (χ1) is 16.2. The first kappa shape index (κ1) is 23.6. The van der Waals surface area contributed by atoms with Crippen molar-refractivity contribution < 1.29 is 23.9 Å². The summed E-state index contributed by atoms with van der Waals surface area (Å²) in [6.07, 6.45) is 3.10. The number of nitrogens with two attached hydrogens (primary N) is 1. The fourth-order valence-corrected chi connectivity index (χ4v) is 4.49. The third kappa shape index (κ3) is 5.00. The van der Waals surface area contributed by atoms with Crippen LogP contribution < -0.4 is 26.4 Å². The number of nitrogens with one attached hydrogen (secondary N) is 4. The van der Waals surface area contributed by atoms with Crippen LogP contribution in [0.4, 0.5) is 0 Å². The Morgan fingerprint density at radius 1 is 1.26 bits per heavy atom. The number of fused-ring (bicyclic) bond motifs is 1. The summed E-state index contributed by atoms with van der Waals surface area (Å²) in [6.45, 7) is 2.06. The highest BCUT2D eigenvalue weighted by molar-refractivity contribution is 6.02. The van der Waals surface area contributed by atoms with Gasteiger partial charge in [-0.3, -0.25) is 19.2 Å². The Bertz CT molecular complexity index is 1120. The van der Waals surface area contributed by atoms with Crippen LogP contribution in [0.1, 0.15) is 49.5 Å². The number of aromatic amines is 1. The van der Waals surface area contributed by atoms with Crippen LogP contribution in [-0.2, 0) is 14.4 Å². The minimum atomic E-state index is -1.41. The van der Waals surface area contributed by atoms with Crippen LogP contribution >= 0.6 is 0 Å². The van der Waals surface area contributed by atoms with E-state index in [0.29, 0.717) is 36.7 Å². The van der Waals surface area contributed by atoms with Crippen molar-refractivity contribution in [3.8, 4) is 5.75 Å². The van der Waals surface area contributed by atoms with Crippen molar-refractivity contribution in [1.82, 2.24) is 20.9 Å². The highest BCUT2D eigenvalue weighted by Crippen LogP contribution is 2.34. The topological polar surface area (TPSA) is 155 Å². The summed E-state index contributed by atoms with van der Waals surface area (Å²) in [5.74, 6) is -1.25. The highest BCUT2D eigenvalue weighted by atomic mass is 16.5. The van der Waals surface area contributed by atoms with Gasteiger partial charge in [-0.05, 0) is 50.3 Å². The van der Waals surface area contributed by atoms with E-state index in [9.17, 15) is 19.2 Å². The lowest BCUT2D eigenvalue weighted by atomic mass is 9.86. The van der Waals surface area contributed by atoms with Crippen molar-refractivity contribution in [3.63, 3.8) is 0 Å². The van der Waals surface area contributed by atoms with Gasteiger partial charge in [-0.15, -0.1) is 0 Å². The van der Waals surface area contributed by atoms with E-state index in [4.69, 9.17) is 10.5 Å². The molecule has 1 aromatic heterocycles. The van der Waals surface area contributed by atoms with Crippen LogP contribution in [0.25, 0.3) is 10.9 Å². The number of hydrogen-bond acceptors (Lipinski definition) is 5. The normalized spacial score (nSPS) is 20.3. The van der Waals surface area contributed by atoms with Crippen LogP contribution in [0, 0.1) is 11.8 Å². The molecule has 1 saturated carbocycles. The summed E-state index contributed by atoms with van der Waals surface area (Å²) < 4.78 is 5.35. The Morgan fingerprint density at radius 3 is 2.65 bits per heavy atom. The molecule has 4 amide bonds. The number of rotatable bonds is 10. The molecule has 34 heavy (non-hydrogen) atoms. The lowest BCUT2D eigenvalue weighted by Gasteiger charge is -2.31. The molecule has 10 nitrogen and oxygen atoms in total. The summed E-state index contributed by atoms with van der Waals surface area (Å²) in [7, 11) is 1.56. The Kier molecular flexibility index (Phi) is 6.49. The van der Waals surface area contributed by atoms with E-state index >= 15 is 0 Å². The zero-order valence-electron chi connectivity index (χ0n) is 19.4. The Labute approximate surface area is 197 Å². The lowest BCUT2D eigenvalue weighted by Crippen LogP contribution is -2.60. The average Bonchev–Trinajstić information content (AvgIpc) is 3.36. The van der Waals surface area contributed by atoms with Crippen LogP contribution in [0.3, 0.4) is 0 Å². The zero-order valence-corrected chi connectivity index (χ0v) is 19.4. The molecule has 3 atom stereocenters. The molecule has 1 aliphatic heterocycles.